The van der Waals surface area contributed by atoms with Crippen LogP contribution in [-0.2, 0) is 28.6 Å². The van der Waals surface area contributed by atoms with E-state index in [2.05, 4.69) is 69.4 Å². The zero-order valence-corrected chi connectivity index (χ0v) is 40.4. The molecule has 0 aromatic rings. The van der Waals surface area contributed by atoms with E-state index in [1.165, 1.54) is 154 Å². The van der Waals surface area contributed by atoms with Gasteiger partial charge in [0.15, 0.2) is 6.10 Å². The fourth-order valence-electron chi connectivity index (χ4n) is 7.32. The standard InChI is InChI=1S/C55H98O6/c1-4-7-10-13-16-19-22-24-26-27-29-30-33-36-39-42-45-48-54(57)60-51-52(50-59-53(56)47-44-41-38-35-32-21-18-15-12-9-6-3)61-55(58)49-46-43-40-37-34-31-28-25-23-20-17-14-11-8-5-2/h15,18,24,26,29-30,36,39,52H,4-14,16-17,19-23,25,27-28,31-35,37-38,40-51H2,1-3H3/b18-15-,26-24-,30-29-,39-36-. The van der Waals surface area contributed by atoms with Gasteiger partial charge >= 0.3 is 17.9 Å². The lowest BCUT2D eigenvalue weighted by molar-refractivity contribution is -0.167. The van der Waals surface area contributed by atoms with Crippen molar-refractivity contribution in [2.24, 2.45) is 0 Å². The molecule has 354 valence electrons. The van der Waals surface area contributed by atoms with Gasteiger partial charge in [-0.3, -0.25) is 14.4 Å². The van der Waals surface area contributed by atoms with Gasteiger partial charge in [0.25, 0.3) is 0 Å². The van der Waals surface area contributed by atoms with Crippen molar-refractivity contribution in [3.63, 3.8) is 0 Å². The second-order valence-corrected chi connectivity index (χ2v) is 17.4. The second kappa shape index (κ2) is 50.0. The number of unbranched alkanes of at least 4 members (excludes halogenated alkanes) is 28. The van der Waals surface area contributed by atoms with Gasteiger partial charge in [-0.1, -0.05) is 223 Å². The molecule has 0 N–H and O–H groups in total. The minimum atomic E-state index is -0.792. The van der Waals surface area contributed by atoms with Crippen LogP contribution >= 0.6 is 0 Å². The van der Waals surface area contributed by atoms with Gasteiger partial charge in [0.2, 0.25) is 0 Å². The van der Waals surface area contributed by atoms with Crippen molar-refractivity contribution in [3.8, 4) is 0 Å². The molecule has 0 rings (SSSR count). The summed E-state index contributed by atoms with van der Waals surface area (Å²) in [5, 5.41) is 0. The number of carbonyl (C=O) groups is 3. The van der Waals surface area contributed by atoms with Crippen molar-refractivity contribution in [1.29, 1.82) is 0 Å². The molecule has 6 heteroatoms. The Balaban J connectivity index is 4.42. The summed E-state index contributed by atoms with van der Waals surface area (Å²) in [5.41, 5.74) is 0. The number of hydrogen-bond acceptors (Lipinski definition) is 6. The van der Waals surface area contributed by atoms with Crippen LogP contribution in [0.1, 0.15) is 265 Å². The molecule has 0 aromatic carbocycles. The van der Waals surface area contributed by atoms with E-state index >= 15 is 0 Å². The van der Waals surface area contributed by atoms with Gasteiger partial charge in [-0.05, 0) is 70.6 Å². The zero-order chi connectivity index (χ0) is 44.4. The normalized spacial score (nSPS) is 12.4. The van der Waals surface area contributed by atoms with Gasteiger partial charge in [-0.2, -0.15) is 0 Å². The van der Waals surface area contributed by atoms with E-state index in [1.54, 1.807) is 0 Å². The van der Waals surface area contributed by atoms with Crippen molar-refractivity contribution in [1.82, 2.24) is 0 Å². The molecule has 0 fully saturated rings. The van der Waals surface area contributed by atoms with Crippen molar-refractivity contribution < 1.29 is 28.6 Å². The predicted molar refractivity (Wildman–Crippen MR) is 261 cm³/mol. The Morgan fingerprint density at radius 3 is 1.05 bits per heavy atom. The highest BCUT2D eigenvalue weighted by Gasteiger charge is 2.19. The average Bonchev–Trinajstić information content (AvgIpc) is 3.26. The summed E-state index contributed by atoms with van der Waals surface area (Å²) in [6, 6.07) is 0. The highest BCUT2D eigenvalue weighted by Crippen LogP contribution is 2.15. The molecule has 0 saturated heterocycles. The molecule has 0 aromatic heterocycles. The lowest BCUT2D eigenvalue weighted by Gasteiger charge is -2.18. The van der Waals surface area contributed by atoms with E-state index in [9.17, 15) is 14.4 Å². The van der Waals surface area contributed by atoms with Crippen LogP contribution in [0.4, 0.5) is 0 Å². The summed E-state index contributed by atoms with van der Waals surface area (Å²) in [6.07, 6.45) is 59.6. The fraction of sp³-hybridized carbons (Fsp3) is 0.800. The Kier molecular flexibility index (Phi) is 47.9. The summed E-state index contributed by atoms with van der Waals surface area (Å²) in [4.78, 5) is 37.9. The molecule has 0 amide bonds. The van der Waals surface area contributed by atoms with Crippen LogP contribution in [0.25, 0.3) is 0 Å². The van der Waals surface area contributed by atoms with E-state index in [4.69, 9.17) is 14.2 Å². The van der Waals surface area contributed by atoms with Gasteiger partial charge in [-0.25, -0.2) is 0 Å². The van der Waals surface area contributed by atoms with Crippen LogP contribution in [0.5, 0.6) is 0 Å². The van der Waals surface area contributed by atoms with Gasteiger partial charge in [0, 0.05) is 19.3 Å². The third-order valence-corrected chi connectivity index (χ3v) is 11.3. The van der Waals surface area contributed by atoms with Crippen molar-refractivity contribution in [2.45, 2.75) is 271 Å². The Bertz CT molecular complexity index is 1070. The monoisotopic (exact) mass is 855 g/mol. The van der Waals surface area contributed by atoms with Crippen LogP contribution in [0.15, 0.2) is 48.6 Å². The molecule has 0 aliphatic carbocycles. The molecule has 1 atom stereocenters. The van der Waals surface area contributed by atoms with E-state index < -0.39 is 6.10 Å². The zero-order valence-electron chi connectivity index (χ0n) is 40.4. The molecular formula is C55H98O6. The number of ether oxygens (including phenoxy) is 3. The summed E-state index contributed by atoms with van der Waals surface area (Å²) in [6.45, 7) is 6.56. The van der Waals surface area contributed by atoms with Crippen LogP contribution < -0.4 is 0 Å². The van der Waals surface area contributed by atoms with Crippen LogP contribution in [0.3, 0.4) is 0 Å². The van der Waals surface area contributed by atoms with E-state index in [-0.39, 0.29) is 37.5 Å². The Morgan fingerprint density at radius 2 is 0.623 bits per heavy atom. The molecule has 0 spiro atoms. The second-order valence-electron chi connectivity index (χ2n) is 17.4. The molecule has 6 nitrogen and oxygen atoms in total. The molecule has 0 aliphatic rings. The highest BCUT2D eigenvalue weighted by atomic mass is 16.6. The quantitative estimate of drug-likeness (QED) is 0.0263. The van der Waals surface area contributed by atoms with Crippen molar-refractivity contribution in [3.05, 3.63) is 48.6 Å². The highest BCUT2D eigenvalue weighted by molar-refractivity contribution is 5.71. The van der Waals surface area contributed by atoms with E-state index in [0.29, 0.717) is 19.3 Å². The average molecular weight is 855 g/mol. The molecule has 0 radical (unpaired) electrons. The molecule has 0 aliphatic heterocycles. The minimum Gasteiger partial charge on any atom is -0.462 e. The molecule has 0 heterocycles. The van der Waals surface area contributed by atoms with Gasteiger partial charge in [0.1, 0.15) is 13.2 Å². The van der Waals surface area contributed by atoms with Gasteiger partial charge in [-0.15, -0.1) is 0 Å². The fourth-order valence-corrected chi connectivity index (χ4v) is 7.32. The maximum absolute atomic E-state index is 12.8. The Labute approximate surface area is 378 Å². The number of esters is 3. The molecule has 0 saturated carbocycles. The maximum Gasteiger partial charge on any atom is 0.306 e. The van der Waals surface area contributed by atoms with Crippen molar-refractivity contribution in [2.75, 3.05) is 13.2 Å². The van der Waals surface area contributed by atoms with E-state index in [1.807, 2.05) is 0 Å². The maximum atomic E-state index is 12.8. The summed E-state index contributed by atoms with van der Waals surface area (Å²) in [5.74, 6) is -0.946. The number of hydrogen-bond donors (Lipinski definition) is 0. The molecular weight excluding hydrogens is 757 g/mol. The summed E-state index contributed by atoms with van der Waals surface area (Å²) < 4.78 is 16.7. The van der Waals surface area contributed by atoms with E-state index in [0.717, 1.165) is 64.2 Å². The number of rotatable bonds is 47. The number of carbonyl (C=O) groups excluding carboxylic acids is 3. The van der Waals surface area contributed by atoms with Crippen LogP contribution in [0.2, 0.25) is 0 Å². The molecule has 61 heavy (non-hydrogen) atoms. The first-order valence-corrected chi connectivity index (χ1v) is 26.1. The molecule has 1 unspecified atom stereocenters. The third-order valence-electron chi connectivity index (χ3n) is 11.3. The largest absolute Gasteiger partial charge is 0.462 e. The lowest BCUT2D eigenvalue weighted by Crippen LogP contribution is -2.30. The lowest BCUT2D eigenvalue weighted by atomic mass is 10.0. The topological polar surface area (TPSA) is 78.9 Å². The first kappa shape index (κ1) is 58.4. The Morgan fingerprint density at radius 1 is 0.328 bits per heavy atom. The van der Waals surface area contributed by atoms with Crippen LogP contribution in [0, 0.1) is 0 Å². The third kappa shape index (κ3) is 48.3. The van der Waals surface area contributed by atoms with Gasteiger partial charge < -0.3 is 14.2 Å². The smallest absolute Gasteiger partial charge is 0.306 e. The summed E-state index contributed by atoms with van der Waals surface area (Å²) >= 11 is 0. The predicted octanol–water partition coefficient (Wildman–Crippen LogP) is 17.1. The van der Waals surface area contributed by atoms with Crippen LogP contribution in [-0.4, -0.2) is 37.2 Å². The van der Waals surface area contributed by atoms with Gasteiger partial charge in [0.05, 0.1) is 0 Å². The summed E-state index contributed by atoms with van der Waals surface area (Å²) in [7, 11) is 0. The Hall–Kier alpha value is -2.63. The molecule has 0 bridgehead atoms. The SMILES string of the molecule is CCCC/C=C\CCCCCCCC(=O)OCC(COC(=O)CCC/C=C\C/C=C\C/C=C\CCCCCCCC)OC(=O)CCCCCCCCCCCCCCCCC. The van der Waals surface area contributed by atoms with Crippen molar-refractivity contribution >= 4 is 17.9 Å². The number of allylic oxidation sites excluding steroid dienone is 8. The minimum absolute atomic E-state index is 0.0910. The first-order valence-electron chi connectivity index (χ1n) is 26.1. The first-order chi connectivity index (χ1) is 30.0.